The Labute approximate surface area is 134 Å². The molecule has 5 heteroatoms. The first kappa shape index (κ1) is 16.0. The largest absolute Gasteiger partial charge is 0.344 e. The molecule has 2 rings (SSSR count). The fourth-order valence-electron chi connectivity index (χ4n) is 1.98. The zero-order valence-electron chi connectivity index (χ0n) is 12.2. The molecule has 114 valence electrons. The lowest BCUT2D eigenvalue weighted by molar-refractivity contribution is -0.139. The van der Waals surface area contributed by atoms with Crippen LogP contribution in [0.2, 0.25) is 5.02 Å². The van der Waals surface area contributed by atoms with Crippen molar-refractivity contribution in [2.45, 2.75) is 19.5 Å². The minimum atomic E-state index is -0.678. The van der Waals surface area contributed by atoms with Crippen LogP contribution in [0.5, 0.6) is 0 Å². The number of rotatable bonds is 4. The average Bonchev–Trinajstić information content (AvgIpc) is 2.54. The van der Waals surface area contributed by atoms with Crippen LogP contribution in [-0.2, 0) is 16.1 Å². The SMILES string of the molecule is C[C@@H](NC(=O)C(=O)NCc1ccccc1Cl)c1ccccc1. The summed E-state index contributed by atoms with van der Waals surface area (Å²) in [7, 11) is 0. The number of halogens is 1. The number of hydrogen-bond donors (Lipinski definition) is 2. The Balaban J connectivity index is 1.87. The topological polar surface area (TPSA) is 58.2 Å². The summed E-state index contributed by atoms with van der Waals surface area (Å²) >= 11 is 6.00. The van der Waals surface area contributed by atoms with E-state index in [9.17, 15) is 9.59 Å². The van der Waals surface area contributed by atoms with E-state index in [-0.39, 0.29) is 12.6 Å². The van der Waals surface area contributed by atoms with Crippen molar-refractivity contribution < 1.29 is 9.59 Å². The molecule has 2 amide bonds. The summed E-state index contributed by atoms with van der Waals surface area (Å²) in [6.07, 6.45) is 0. The highest BCUT2D eigenvalue weighted by Gasteiger charge is 2.16. The summed E-state index contributed by atoms with van der Waals surface area (Å²) in [4.78, 5) is 23.7. The van der Waals surface area contributed by atoms with Crippen LogP contribution in [0, 0.1) is 0 Å². The first-order valence-corrected chi connectivity index (χ1v) is 7.33. The molecule has 2 aromatic rings. The molecule has 0 radical (unpaired) electrons. The minimum absolute atomic E-state index is 0.214. The summed E-state index contributed by atoms with van der Waals surface area (Å²) in [6, 6.07) is 16.4. The Morgan fingerprint density at radius 2 is 1.64 bits per heavy atom. The van der Waals surface area contributed by atoms with E-state index in [1.165, 1.54) is 0 Å². The lowest BCUT2D eigenvalue weighted by Gasteiger charge is -2.14. The smallest absolute Gasteiger partial charge is 0.309 e. The van der Waals surface area contributed by atoms with E-state index in [4.69, 9.17) is 11.6 Å². The van der Waals surface area contributed by atoms with E-state index in [2.05, 4.69) is 10.6 Å². The summed E-state index contributed by atoms with van der Waals surface area (Å²) in [6.45, 7) is 2.04. The third kappa shape index (κ3) is 4.33. The first-order chi connectivity index (χ1) is 10.6. The molecule has 0 fully saturated rings. The van der Waals surface area contributed by atoms with Crippen molar-refractivity contribution in [3.63, 3.8) is 0 Å². The molecule has 4 nitrogen and oxygen atoms in total. The van der Waals surface area contributed by atoms with Crippen molar-refractivity contribution in [2.24, 2.45) is 0 Å². The molecule has 1 atom stereocenters. The summed E-state index contributed by atoms with van der Waals surface area (Å²) in [5.41, 5.74) is 1.70. The number of benzene rings is 2. The second-order valence-electron chi connectivity index (χ2n) is 4.88. The van der Waals surface area contributed by atoms with Gasteiger partial charge in [-0.1, -0.05) is 60.1 Å². The summed E-state index contributed by atoms with van der Waals surface area (Å²) in [5.74, 6) is -1.34. The number of carbonyl (C=O) groups is 2. The predicted molar refractivity (Wildman–Crippen MR) is 86.3 cm³/mol. The molecule has 2 aromatic carbocycles. The van der Waals surface area contributed by atoms with Crippen LogP contribution in [0.25, 0.3) is 0 Å². The molecular weight excluding hydrogens is 300 g/mol. The van der Waals surface area contributed by atoms with Crippen molar-refractivity contribution in [1.29, 1.82) is 0 Å². The van der Waals surface area contributed by atoms with Gasteiger partial charge in [-0.15, -0.1) is 0 Å². The normalized spacial score (nSPS) is 11.5. The van der Waals surface area contributed by atoms with Gasteiger partial charge < -0.3 is 10.6 Å². The first-order valence-electron chi connectivity index (χ1n) is 6.95. The van der Waals surface area contributed by atoms with E-state index in [0.29, 0.717) is 5.02 Å². The van der Waals surface area contributed by atoms with Crippen LogP contribution < -0.4 is 10.6 Å². The number of hydrogen-bond acceptors (Lipinski definition) is 2. The second-order valence-corrected chi connectivity index (χ2v) is 5.29. The Kier molecular flexibility index (Phi) is 5.55. The number of carbonyl (C=O) groups excluding carboxylic acids is 2. The number of nitrogens with one attached hydrogen (secondary N) is 2. The third-order valence-electron chi connectivity index (χ3n) is 3.25. The standard InChI is InChI=1S/C17H17ClN2O2/c1-12(13-7-3-2-4-8-13)20-17(22)16(21)19-11-14-9-5-6-10-15(14)18/h2-10,12H,11H2,1H3,(H,19,21)(H,20,22)/t12-/m1/s1. The van der Waals surface area contributed by atoms with Gasteiger partial charge in [-0.3, -0.25) is 9.59 Å². The van der Waals surface area contributed by atoms with Gasteiger partial charge in [0.05, 0.1) is 6.04 Å². The summed E-state index contributed by atoms with van der Waals surface area (Å²) in [5, 5.41) is 5.78. The van der Waals surface area contributed by atoms with Gasteiger partial charge in [0, 0.05) is 11.6 Å². The van der Waals surface area contributed by atoms with E-state index < -0.39 is 11.8 Å². The van der Waals surface area contributed by atoms with Gasteiger partial charge in [0.25, 0.3) is 0 Å². The molecule has 0 aliphatic rings. The van der Waals surface area contributed by atoms with Crippen molar-refractivity contribution in [3.05, 3.63) is 70.7 Å². The van der Waals surface area contributed by atoms with Crippen LogP contribution in [0.1, 0.15) is 24.1 Å². The molecular formula is C17H17ClN2O2. The Morgan fingerprint density at radius 1 is 1.00 bits per heavy atom. The Bertz CT molecular complexity index is 659. The third-order valence-corrected chi connectivity index (χ3v) is 3.62. The highest BCUT2D eigenvalue weighted by atomic mass is 35.5. The van der Waals surface area contributed by atoms with Crippen molar-refractivity contribution in [2.75, 3.05) is 0 Å². The minimum Gasteiger partial charge on any atom is -0.344 e. The lowest BCUT2D eigenvalue weighted by atomic mass is 10.1. The molecule has 2 N–H and O–H groups in total. The van der Waals surface area contributed by atoms with Gasteiger partial charge in [0.2, 0.25) is 0 Å². The van der Waals surface area contributed by atoms with E-state index >= 15 is 0 Å². The lowest BCUT2D eigenvalue weighted by Crippen LogP contribution is -2.40. The zero-order chi connectivity index (χ0) is 15.9. The van der Waals surface area contributed by atoms with Crippen molar-refractivity contribution in [3.8, 4) is 0 Å². The molecule has 0 saturated carbocycles. The van der Waals surface area contributed by atoms with Crippen molar-refractivity contribution >= 4 is 23.4 Å². The summed E-state index contributed by atoms with van der Waals surface area (Å²) < 4.78 is 0. The molecule has 0 aromatic heterocycles. The predicted octanol–water partition coefficient (Wildman–Crippen LogP) is 2.83. The molecule has 0 unspecified atom stereocenters. The zero-order valence-corrected chi connectivity index (χ0v) is 12.9. The van der Waals surface area contributed by atoms with E-state index in [0.717, 1.165) is 11.1 Å². The van der Waals surface area contributed by atoms with Crippen LogP contribution in [-0.4, -0.2) is 11.8 Å². The molecule has 0 saturated heterocycles. The fraction of sp³-hybridized carbons (Fsp3) is 0.176. The van der Waals surface area contributed by atoms with Crippen LogP contribution in [0.3, 0.4) is 0 Å². The highest BCUT2D eigenvalue weighted by molar-refractivity contribution is 6.35. The maximum atomic E-state index is 11.9. The second kappa shape index (κ2) is 7.61. The number of amides is 2. The monoisotopic (exact) mass is 316 g/mol. The van der Waals surface area contributed by atoms with Gasteiger partial charge >= 0.3 is 11.8 Å². The quantitative estimate of drug-likeness (QED) is 0.852. The van der Waals surface area contributed by atoms with Crippen molar-refractivity contribution in [1.82, 2.24) is 10.6 Å². The maximum Gasteiger partial charge on any atom is 0.309 e. The van der Waals surface area contributed by atoms with Gasteiger partial charge in [-0.05, 0) is 24.1 Å². The molecule has 0 aliphatic carbocycles. The maximum absolute atomic E-state index is 11.9. The highest BCUT2D eigenvalue weighted by Crippen LogP contribution is 2.14. The molecule has 0 aliphatic heterocycles. The molecule has 0 spiro atoms. The van der Waals surface area contributed by atoms with E-state index in [1.807, 2.05) is 49.4 Å². The average molecular weight is 317 g/mol. The molecule has 22 heavy (non-hydrogen) atoms. The van der Waals surface area contributed by atoms with Gasteiger partial charge in [-0.25, -0.2) is 0 Å². The van der Waals surface area contributed by atoms with Gasteiger partial charge in [0.15, 0.2) is 0 Å². The molecule has 0 heterocycles. The Morgan fingerprint density at radius 3 is 2.32 bits per heavy atom. The fourth-order valence-corrected chi connectivity index (χ4v) is 2.19. The van der Waals surface area contributed by atoms with Crippen LogP contribution >= 0.6 is 11.6 Å². The Hall–Kier alpha value is -2.33. The van der Waals surface area contributed by atoms with Gasteiger partial charge in [0.1, 0.15) is 0 Å². The van der Waals surface area contributed by atoms with Crippen LogP contribution in [0.4, 0.5) is 0 Å². The van der Waals surface area contributed by atoms with E-state index in [1.54, 1.807) is 12.1 Å². The van der Waals surface area contributed by atoms with Gasteiger partial charge in [-0.2, -0.15) is 0 Å². The van der Waals surface area contributed by atoms with Crippen LogP contribution in [0.15, 0.2) is 54.6 Å². The molecule has 0 bridgehead atoms.